The zero-order valence-corrected chi connectivity index (χ0v) is 25.9. The van der Waals surface area contributed by atoms with Gasteiger partial charge in [0.15, 0.2) is 5.84 Å². The molecule has 0 saturated heterocycles. The van der Waals surface area contributed by atoms with E-state index in [1.807, 2.05) is 48.7 Å². The number of fused-ring (bicyclic) bond motifs is 4. The van der Waals surface area contributed by atoms with Crippen LogP contribution in [0.15, 0.2) is 143 Å². The van der Waals surface area contributed by atoms with E-state index < -0.39 is 0 Å². The topological polar surface area (TPSA) is 37.1 Å². The highest BCUT2D eigenvalue weighted by Crippen LogP contribution is 2.42. The first-order chi connectivity index (χ1) is 21.5. The van der Waals surface area contributed by atoms with Crippen LogP contribution in [0.3, 0.4) is 0 Å². The lowest BCUT2D eigenvalue weighted by Gasteiger charge is -2.26. The maximum Gasteiger partial charge on any atom is 0.160 e. The van der Waals surface area contributed by atoms with E-state index in [0.29, 0.717) is 17.5 Å². The first kappa shape index (κ1) is 29.2. The van der Waals surface area contributed by atoms with E-state index in [0.717, 1.165) is 29.7 Å². The van der Waals surface area contributed by atoms with Crippen molar-refractivity contribution in [2.45, 2.75) is 39.7 Å². The maximum atomic E-state index is 5.23. The van der Waals surface area contributed by atoms with E-state index in [1.165, 1.54) is 39.0 Å². The molecule has 0 fully saturated rings. The molecule has 0 saturated carbocycles. The number of benzene rings is 3. The third kappa shape index (κ3) is 5.83. The average Bonchev–Trinajstić information content (AvgIpc) is 3.43. The van der Waals surface area contributed by atoms with Crippen molar-refractivity contribution in [3.05, 3.63) is 156 Å². The predicted molar refractivity (Wildman–Crippen MR) is 190 cm³/mol. The maximum absolute atomic E-state index is 5.23. The molecular weight excluding hydrogens is 534 g/mol. The van der Waals surface area contributed by atoms with Crippen LogP contribution in [-0.2, 0) is 6.42 Å². The van der Waals surface area contributed by atoms with E-state index in [9.17, 15) is 0 Å². The van der Waals surface area contributed by atoms with Crippen LogP contribution in [-0.4, -0.2) is 23.8 Å². The van der Waals surface area contributed by atoms with Gasteiger partial charge in [0.1, 0.15) is 0 Å². The molecular formula is C41H39N3. The molecule has 3 heteroatoms. The molecule has 0 aromatic heterocycles. The van der Waals surface area contributed by atoms with Gasteiger partial charge in [-0.1, -0.05) is 123 Å². The molecule has 2 aliphatic carbocycles. The molecule has 3 aromatic carbocycles. The Morgan fingerprint density at radius 3 is 2.68 bits per heavy atom. The Morgan fingerprint density at radius 1 is 1.05 bits per heavy atom. The monoisotopic (exact) mass is 573 g/mol. The number of dihydropyridines is 1. The van der Waals surface area contributed by atoms with Gasteiger partial charge in [-0.05, 0) is 77.8 Å². The quantitative estimate of drug-likeness (QED) is 0.114. The number of aliphatic imine (C=N–C) groups is 3. The third-order valence-corrected chi connectivity index (χ3v) is 8.89. The second-order valence-electron chi connectivity index (χ2n) is 11.7. The molecule has 6 rings (SSSR count). The van der Waals surface area contributed by atoms with Crippen LogP contribution >= 0.6 is 0 Å². The van der Waals surface area contributed by atoms with Crippen LogP contribution in [0.2, 0.25) is 0 Å². The molecule has 3 aromatic rings. The molecule has 1 aliphatic heterocycles. The Bertz CT molecular complexity index is 1820. The summed E-state index contributed by atoms with van der Waals surface area (Å²) in [6.07, 6.45) is 18.7. The first-order valence-electron chi connectivity index (χ1n) is 15.5. The van der Waals surface area contributed by atoms with Crippen molar-refractivity contribution in [2.75, 3.05) is 0 Å². The largest absolute Gasteiger partial charge is 0.285 e. The van der Waals surface area contributed by atoms with Crippen molar-refractivity contribution in [3.63, 3.8) is 0 Å². The van der Waals surface area contributed by atoms with Gasteiger partial charge in [0.2, 0.25) is 0 Å². The van der Waals surface area contributed by atoms with Crippen molar-refractivity contribution >= 4 is 29.0 Å². The van der Waals surface area contributed by atoms with Crippen LogP contribution in [0.25, 0.3) is 22.4 Å². The number of hydrogen-bond donors (Lipinski definition) is 0. The van der Waals surface area contributed by atoms with Gasteiger partial charge in [-0.2, -0.15) is 0 Å². The molecule has 0 N–H and O–H groups in total. The van der Waals surface area contributed by atoms with Gasteiger partial charge in [0, 0.05) is 29.3 Å². The van der Waals surface area contributed by atoms with Crippen LogP contribution in [0.1, 0.15) is 55.0 Å². The molecule has 1 heterocycles. The fourth-order valence-electron chi connectivity index (χ4n) is 6.38. The van der Waals surface area contributed by atoms with Gasteiger partial charge in [-0.25, -0.2) is 9.98 Å². The van der Waals surface area contributed by atoms with Crippen LogP contribution in [0.5, 0.6) is 0 Å². The summed E-state index contributed by atoms with van der Waals surface area (Å²) in [5, 5.41) is 0. The van der Waals surface area contributed by atoms with E-state index in [1.54, 1.807) is 0 Å². The lowest BCUT2D eigenvalue weighted by molar-refractivity contribution is 0.649. The Hall–Kier alpha value is -4.89. The average molecular weight is 574 g/mol. The Morgan fingerprint density at radius 2 is 1.89 bits per heavy atom. The fraction of sp³-hybridized carbons (Fsp3) is 0.195. The molecule has 218 valence electrons. The lowest BCUT2D eigenvalue weighted by Crippen LogP contribution is -2.21. The van der Waals surface area contributed by atoms with E-state index in [4.69, 9.17) is 9.98 Å². The zero-order valence-electron chi connectivity index (χ0n) is 25.9. The van der Waals surface area contributed by atoms with Crippen molar-refractivity contribution < 1.29 is 0 Å². The standard InChI is InChI=1S/C41H39N3/c1-6-8-13-30(7-2)28(4)43-41(44-29(5)31-14-10-9-11-15-31)36-17-12-16-35-24-34-19-18-32(26-38(34)40(35)36)33-20-21-39-37(25-33)27(3)22-23-42-39/h6,8-23,25-26,30,37,39H,1,5,7,24H2,2-4H3/b13-8-,43-28?,44-41?. The molecule has 3 aliphatic rings. The van der Waals surface area contributed by atoms with Crippen molar-refractivity contribution in [1.29, 1.82) is 0 Å². The second-order valence-corrected chi connectivity index (χ2v) is 11.7. The number of hydrogen-bond acceptors (Lipinski definition) is 2. The van der Waals surface area contributed by atoms with Gasteiger partial charge in [0.25, 0.3) is 0 Å². The third-order valence-electron chi connectivity index (χ3n) is 8.89. The lowest BCUT2D eigenvalue weighted by atomic mass is 9.83. The van der Waals surface area contributed by atoms with Crippen LogP contribution in [0.4, 0.5) is 0 Å². The van der Waals surface area contributed by atoms with Gasteiger partial charge in [-0.3, -0.25) is 4.99 Å². The summed E-state index contributed by atoms with van der Waals surface area (Å²) in [6, 6.07) is 23.8. The minimum absolute atomic E-state index is 0.189. The molecule has 3 unspecified atom stereocenters. The molecule has 0 bridgehead atoms. The van der Waals surface area contributed by atoms with Crippen LogP contribution < -0.4 is 0 Å². The molecule has 0 spiro atoms. The summed E-state index contributed by atoms with van der Waals surface area (Å²) in [5.74, 6) is 1.18. The van der Waals surface area contributed by atoms with Gasteiger partial charge in [0.05, 0.1) is 11.7 Å². The summed E-state index contributed by atoms with van der Waals surface area (Å²) >= 11 is 0. The molecule has 0 radical (unpaired) electrons. The predicted octanol–water partition coefficient (Wildman–Crippen LogP) is 9.87. The van der Waals surface area contributed by atoms with E-state index >= 15 is 0 Å². The highest BCUT2D eigenvalue weighted by molar-refractivity contribution is 6.13. The molecule has 44 heavy (non-hydrogen) atoms. The second kappa shape index (κ2) is 12.8. The minimum Gasteiger partial charge on any atom is -0.285 e. The van der Waals surface area contributed by atoms with E-state index in [2.05, 4.69) is 106 Å². The van der Waals surface area contributed by atoms with Crippen molar-refractivity contribution in [3.8, 4) is 11.1 Å². The molecule has 3 atom stereocenters. The number of amidine groups is 1. The summed E-state index contributed by atoms with van der Waals surface area (Å²) in [7, 11) is 0. The normalized spacial score (nSPS) is 19.6. The smallest absolute Gasteiger partial charge is 0.160 e. The molecule has 3 nitrogen and oxygen atoms in total. The van der Waals surface area contributed by atoms with E-state index in [-0.39, 0.29) is 12.0 Å². The first-order valence-corrected chi connectivity index (χ1v) is 15.5. The Labute approximate surface area is 261 Å². The van der Waals surface area contributed by atoms with Crippen molar-refractivity contribution in [1.82, 2.24) is 0 Å². The highest BCUT2D eigenvalue weighted by atomic mass is 14.9. The number of rotatable bonds is 8. The Kier molecular flexibility index (Phi) is 8.47. The summed E-state index contributed by atoms with van der Waals surface area (Å²) in [6.45, 7) is 14.7. The van der Waals surface area contributed by atoms with Crippen molar-refractivity contribution in [2.24, 2.45) is 26.8 Å². The number of nitrogens with zero attached hydrogens (tertiary/aromatic N) is 3. The zero-order chi connectivity index (χ0) is 30.6. The Balaban J connectivity index is 1.46. The van der Waals surface area contributed by atoms with Gasteiger partial charge < -0.3 is 0 Å². The SMILES string of the molecule is C=C/C=C\C(CC)C(C)=NC(=NC(=C)c1ccccc1)c1cccc2c1-c1cc(C3=CC4C(C)=CC=NC4C=C3)ccc1C2. The van der Waals surface area contributed by atoms with Crippen LogP contribution in [0, 0.1) is 11.8 Å². The highest BCUT2D eigenvalue weighted by Gasteiger charge is 2.27. The fourth-order valence-corrected chi connectivity index (χ4v) is 6.38. The summed E-state index contributed by atoms with van der Waals surface area (Å²) in [5.41, 5.74) is 12.6. The summed E-state index contributed by atoms with van der Waals surface area (Å²) < 4.78 is 0. The minimum atomic E-state index is 0.189. The molecule has 0 amide bonds. The van der Waals surface area contributed by atoms with Gasteiger partial charge in [-0.15, -0.1) is 0 Å². The number of allylic oxidation sites excluding steroid dienone is 6. The van der Waals surface area contributed by atoms with Gasteiger partial charge >= 0.3 is 0 Å². The summed E-state index contributed by atoms with van der Waals surface area (Å²) in [4.78, 5) is 15.0.